The number of carbonyl (C=O) groups excluding carboxylic acids is 2. The molecule has 1 aliphatic rings. The monoisotopic (exact) mass is 580 g/mol. The van der Waals surface area contributed by atoms with E-state index in [0.29, 0.717) is 43.1 Å². The SMILES string of the molecule is CCOC(=O)C(C)Oc1ccc(CS(=O)(=O)c2ccc(C)c(C(=O)N3CCN(c4ccccc4OC)CC3)c2)cc1. The predicted molar refractivity (Wildman–Crippen MR) is 156 cm³/mol. The first-order valence-electron chi connectivity index (χ1n) is 13.6. The Hall–Kier alpha value is -4.05. The fraction of sp³-hybridized carbons (Fsp3) is 0.355. The molecule has 3 aromatic carbocycles. The van der Waals surface area contributed by atoms with Crippen molar-refractivity contribution >= 4 is 27.4 Å². The maximum absolute atomic E-state index is 13.5. The van der Waals surface area contributed by atoms with Gasteiger partial charge in [0.15, 0.2) is 15.9 Å². The highest BCUT2D eigenvalue weighted by Crippen LogP contribution is 2.29. The summed E-state index contributed by atoms with van der Waals surface area (Å²) >= 11 is 0. The number of nitrogens with zero attached hydrogens (tertiary/aromatic N) is 2. The quantitative estimate of drug-likeness (QED) is 0.328. The summed E-state index contributed by atoms with van der Waals surface area (Å²) in [4.78, 5) is 29.3. The number of aryl methyl sites for hydroxylation is 1. The lowest BCUT2D eigenvalue weighted by atomic mass is 10.1. The van der Waals surface area contributed by atoms with E-state index in [1.807, 2.05) is 31.2 Å². The van der Waals surface area contributed by atoms with Gasteiger partial charge in [0.05, 0.1) is 30.1 Å². The molecule has 218 valence electrons. The van der Waals surface area contributed by atoms with Gasteiger partial charge in [0, 0.05) is 31.7 Å². The van der Waals surface area contributed by atoms with Gasteiger partial charge in [-0.1, -0.05) is 30.3 Å². The zero-order chi connectivity index (χ0) is 29.6. The summed E-state index contributed by atoms with van der Waals surface area (Å²) in [6.45, 7) is 7.68. The van der Waals surface area contributed by atoms with Crippen molar-refractivity contribution in [1.82, 2.24) is 4.90 Å². The number of anilines is 1. The van der Waals surface area contributed by atoms with E-state index in [4.69, 9.17) is 14.2 Å². The lowest BCUT2D eigenvalue weighted by Gasteiger charge is -2.36. The largest absolute Gasteiger partial charge is 0.495 e. The Morgan fingerprint density at radius 1 is 0.951 bits per heavy atom. The van der Waals surface area contributed by atoms with Crippen molar-refractivity contribution in [2.45, 2.75) is 37.5 Å². The average Bonchev–Trinajstić information content (AvgIpc) is 2.98. The Kier molecular flexibility index (Phi) is 9.54. The van der Waals surface area contributed by atoms with Gasteiger partial charge >= 0.3 is 5.97 Å². The van der Waals surface area contributed by atoms with Gasteiger partial charge in [-0.3, -0.25) is 4.79 Å². The minimum Gasteiger partial charge on any atom is -0.495 e. The van der Waals surface area contributed by atoms with E-state index in [2.05, 4.69) is 4.90 Å². The smallest absolute Gasteiger partial charge is 0.347 e. The van der Waals surface area contributed by atoms with Gasteiger partial charge < -0.3 is 24.0 Å². The second-order valence-corrected chi connectivity index (χ2v) is 11.8. The van der Waals surface area contributed by atoms with Crippen LogP contribution in [-0.2, 0) is 25.1 Å². The zero-order valence-corrected chi connectivity index (χ0v) is 24.6. The summed E-state index contributed by atoms with van der Waals surface area (Å²) in [5, 5.41) is 0. The van der Waals surface area contributed by atoms with Gasteiger partial charge in [0.25, 0.3) is 5.91 Å². The first-order chi connectivity index (χ1) is 19.6. The number of piperazine rings is 1. The van der Waals surface area contributed by atoms with Crippen LogP contribution in [0.4, 0.5) is 5.69 Å². The zero-order valence-electron chi connectivity index (χ0n) is 23.8. The molecule has 1 heterocycles. The van der Waals surface area contributed by atoms with E-state index < -0.39 is 21.9 Å². The molecular weight excluding hydrogens is 544 g/mol. The van der Waals surface area contributed by atoms with Crippen LogP contribution in [-0.4, -0.2) is 71.2 Å². The van der Waals surface area contributed by atoms with Crippen molar-refractivity contribution in [3.63, 3.8) is 0 Å². The first kappa shape index (κ1) is 29.9. The van der Waals surface area contributed by atoms with E-state index in [9.17, 15) is 18.0 Å². The van der Waals surface area contributed by atoms with Crippen molar-refractivity contribution in [3.8, 4) is 11.5 Å². The van der Waals surface area contributed by atoms with E-state index in [0.717, 1.165) is 17.0 Å². The number of esters is 1. The predicted octanol–water partition coefficient (Wildman–Crippen LogP) is 4.27. The van der Waals surface area contributed by atoms with E-state index in [1.165, 1.54) is 6.07 Å². The Bertz CT molecular complexity index is 1480. The number of methoxy groups -OCH3 is 1. The number of rotatable bonds is 10. The number of para-hydroxylation sites is 2. The van der Waals surface area contributed by atoms with Crippen LogP contribution < -0.4 is 14.4 Å². The van der Waals surface area contributed by atoms with Crippen molar-refractivity contribution < 1.29 is 32.2 Å². The summed E-state index contributed by atoms with van der Waals surface area (Å²) in [7, 11) is -2.09. The standard InChI is InChI=1S/C31H36N2O7S/c1-5-39-31(35)23(3)40-25-13-11-24(12-14-25)21-41(36,37)26-15-10-22(2)27(20-26)30(34)33-18-16-32(17-19-33)28-8-6-7-9-29(28)38-4/h6-15,20,23H,5,16-19,21H2,1-4H3. The lowest BCUT2D eigenvalue weighted by molar-refractivity contribution is -0.150. The molecular formula is C31H36N2O7S. The third-order valence-electron chi connectivity index (χ3n) is 7.00. The van der Waals surface area contributed by atoms with Crippen LogP contribution in [0.15, 0.2) is 71.6 Å². The summed E-state index contributed by atoms with van der Waals surface area (Å²) in [6.07, 6.45) is -0.780. The number of amides is 1. The highest BCUT2D eigenvalue weighted by atomic mass is 32.2. The fourth-order valence-corrected chi connectivity index (χ4v) is 6.09. The second-order valence-electron chi connectivity index (χ2n) is 9.84. The van der Waals surface area contributed by atoms with Crippen LogP contribution >= 0.6 is 0 Å². The van der Waals surface area contributed by atoms with Crippen LogP contribution in [0.2, 0.25) is 0 Å². The van der Waals surface area contributed by atoms with Crippen molar-refractivity contribution in [2.24, 2.45) is 0 Å². The van der Waals surface area contributed by atoms with Crippen LogP contribution in [0.1, 0.15) is 35.3 Å². The van der Waals surface area contributed by atoms with E-state index in [1.54, 1.807) is 62.3 Å². The van der Waals surface area contributed by atoms with Crippen LogP contribution in [0.5, 0.6) is 11.5 Å². The van der Waals surface area contributed by atoms with Crippen LogP contribution in [0.25, 0.3) is 0 Å². The van der Waals surface area contributed by atoms with Gasteiger partial charge in [-0.25, -0.2) is 13.2 Å². The summed E-state index contributed by atoms with van der Waals surface area (Å²) in [5.74, 6) is 0.323. The molecule has 4 rings (SSSR count). The maximum atomic E-state index is 13.5. The van der Waals surface area contributed by atoms with Crippen molar-refractivity contribution in [3.05, 3.63) is 83.4 Å². The number of carbonyl (C=O) groups is 2. The number of benzene rings is 3. The molecule has 1 fully saturated rings. The highest BCUT2D eigenvalue weighted by Gasteiger charge is 2.26. The van der Waals surface area contributed by atoms with Gasteiger partial charge in [0.1, 0.15) is 11.5 Å². The average molecular weight is 581 g/mol. The first-order valence-corrected chi connectivity index (χ1v) is 15.2. The molecule has 1 atom stereocenters. The molecule has 0 aliphatic carbocycles. The summed E-state index contributed by atoms with van der Waals surface area (Å²) < 4.78 is 42.6. The number of hydrogen-bond donors (Lipinski definition) is 0. The number of hydrogen-bond acceptors (Lipinski definition) is 8. The van der Waals surface area contributed by atoms with Gasteiger partial charge in [0.2, 0.25) is 0 Å². The number of ether oxygens (including phenoxy) is 3. The summed E-state index contributed by atoms with van der Waals surface area (Å²) in [6, 6.07) is 19.0. The molecule has 41 heavy (non-hydrogen) atoms. The molecule has 0 radical (unpaired) electrons. The highest BCUT2D eigenvalue weighted by molar-refractivity contribution is 7.90. The van der Waals surface area contributed by atoms with Gasteiger partial charge in [-0.05, 0) is 68.3 Å². The molecule has 1 amide bonds. The van der Waals surface area contributed by atoms with Crippen LogP contribution in [0.3, 0.4) is 0 Å². The summed E-state index contributed by atoms with van der Waals surface area (Å²) in [5.41, 5.74) is 2.65. The van der Waals surface area contributed by atoms with E-state index in [-0.39, 0.29) is 23.2 Å². The molecule has 10 heteroatoms. The van der Waals surface area contributed by atoms with Gasteiger partial charge in [-0.2, -0.15) is 0 Å². The fourth-order valence-electron chi connectivity index (χ4n) is 4.72. The Balaban J connectivity index is 1.42. The molecule has 1 aliphatic heterocycles. The number of sulfone groups is 1. The topological polar surface area (TPSA) is 102 Å². The third-order valence-corrected chi connectivity index (χ3v) is 8.69. The maximum Gasteiger partial charge on any atom is 0.347 e. The minimum atomic E-state index is -3.73. The minimum absolute atomic E-state index is 0.0929. The Morgan fingerprint density at radius 2 is 1.63 bits per heavy atom. The molecule has 0 N–H and O–H groups in total. The Morgan fingerprint density at radius 3 is 2.29 bits per heavy atom. The molecule has 9 nitrogen and oxygen atoms in total. The molecule has 3 aromatic rings. The molecule has 0 spiro atoms. The third kappa shape index (κ3) is 7.18. The lowest BCUT2D eigenvalue weighted by Crippen LogP contribution is -2.49. The molecule has 0 saturated carbocycles. The normalized spacial score (nSPS) is 14.3. The molecule has 1 unspecified atom stereocenters. The van der Waals surface area contributed by atoms with Crippen LogP contribution in [0, 0.1) is 6.92 Å². The molecule has 0 bridgehead atoms. The second kappa shape index (κ2) is 13.1. The Labute approximate surface area is 241 Å². The van der Waals surface area contributed by atoms with E-state index >= 15 is 0 Å². The molecule has 0 aromatic heterocycles. The van der Waals surface area contributed by atoms with Gasteiger partial charge in [-0.15, -0.1) is 0 Å². The van der Waals surface area contributed by atoms with Crippen molar-refractivity contribution in [2.75, 3.05) is 44.8 Å². The molecule has 1 saturated heterocycles. The van der Waals surface area contributed by atoms with Crippen molar-refractivity contribution in [1.29, 1.82) is 0 Å².